The minimum atomic E-state index is -0.529. The molecule has 2 atom stereocenters. The largest absolute Gasteiger partial charge is 0.504 e. The number of rotatable bonds is 8. The summed E-state index contributed by atoms with van der Waals surface area (Å²) in [6, 6.07) is 7.92. The predicted molar refractivity (Wildman–Crippen MR) is 134 cm³/mol. The summed E-state index contributed by atoms with van der Waals surface area (Å²) in [6.07, 6.45) is 2.96. The molecule has 4 rings (SSSR count). The van der Waals surface area contributed by atoms with Gasteiger partial charge in [-0.3, -0.25) is 5.41 Å². The van der Waals surface area contributed by atoms with Gasteiger partial charge in [0, 0.05) is 11.1 Å². The molecule has 0 aromatic heterocycles. The van der Waals surface area contributed by atoms with Crippen LogP contribution in [0.25, 0.3) is 0 Å². The first kappa shape index (κ1) is 24.1. The molecule has 2 unspecified atom stereocenters. The van der Waals surface area contributed by atoms with E-state index in [1.165, 1.54) is 18.9 Å². The van der Waals surface area contributed by atoms with Crippen LogP contribution in [0, 0.1) is 12.3 Å². The fraction of sp³-hybridized carbons (Fsp3) is 0.440. The van der Waals surface area contributed by atoms with E-state index in [2.05, 4.69) is 11.9 Å². The number of nitrogens with one attached hydrogen (secondary N) is 1. The van der Waals surface area contributed by atoms with Crippen LogP contribution in [-0.4, -0.2) is 47.8 Å². The molecule has 0 spiro atoms. The zero-order chi connectivity index (χ0) is 24.5. The number of fused-ring (bicyclic) bond motifs is 1. The average Bonchev–Trinajstić information content (AvgIpc) is 3.16. The van der Waals surface area contributed by atoms with Crippen LogP contribution in [0.5, 0.6) is 28.7 Å². The van der Waals surface area contributed by atoms with Gasteiger partial charge in [0.25, 0.3) is 0 Å². The number of benzene rings is 2. The molecular formula is C25H31N3O5S. The molecule has 8 nitrogen and oxygen atoms in total. The van der Waals surface area contributed by atoms with Crippen molar-refractivity contribution in [3.05, 3.63) is 41.0 Å². The Kier molecular flexibility index (Phi) is 6.84. The molecule has 0 saturated heterocycles. The number of nitrogens with zero attached hydrogens (tertiary/aromatic N) is 1. The second kappa shape index (κ2) is 9.66. The highest BCUT2D eigenvalue weighted by Crippen LogP contribution is 2.52. The van der Waals surface area contributed by atoms with Gasteiger partial charge in [0.15, 0.2) is 16.7 Å². The molecule has 0 aliphatic carbocycles. The van der Waals surface area contributed by atoms with Gasteiger partial charge in [-0.25, -0.2) is 4.99 Å². The van der Waals surface area contributed by atoms with Crippen molar-refractivity contribution < 1.29 is 24.1 Å². The number of phenolic OH excluding ortho intramolecular Hbond substituents is 1. The van der Waals surface area contributed by atoms with Crippen LogP contribution < -0.4 is 24.7 Å². The lowest BCUT2D eigenvalue weighted by Crippen LogP contribution is -2.44. The Morgan fingerprint density at radius 1 is 1.24 bits per heavy atom. The minimum absolute atomic E-state index is 0.00759. The SMILES string of the molecule is CCC1(COc2ccc(CC3SC(=N)N=C3N)cc2)CCc2c(C)c(O)c(OC)c(OC)c2O1. The molecule has 182 valence electrons. The molecule has 0 bridgehead atoms. The van der Waals surface area contributed by atoms with Crippen molar-refractivity contribution >= 4 is 22.8 Å². The van der Waals surface area contributed by atoms with E-state index in [-0.39, 0.29) is 21.9 Å². The first-order valence-corrected chi connectivity index (χ1v) is 12.1. The van der Waals surface area contributed by atoms with Crippen LogP contribution in [0.3, 0.4) is 0 Å². The number of aromatic hydroxyl groups is 1. The van der Waals surface area contributed by atoms with Gasteiger partial charge < -0.3 is 29.8 Å². The van der Waals surface area contributed by atoms with Gasteiger partial charge in [0.2, 0.25) is 11.5 Å². The van der Waals surface area contributed by atoms with Gasteiger partial charge in [-0.1, -0.05) is 30.8 Å². The lowest BCUT2D eigenvalue weighted by molar-refractivity contribution is -0.00425. The zero-order valence-corrected chi connectivity index (χ0v) is 20.8. The molecule has 0 fully saturated rings. The number of nitrogens with two attached hydrogens (primary N) is 1. The third-order valence-electron chi connectivity index (χ3n) is 6.57. The number of ether oxygens (including phenoxy) is 4. The van der Waals surface area contributed by atoms with Gasteiger partial charge in [-0.05, 0) is 50.3 Å². The third-order valence-corrected chi connectivity index (χ3v) is 7.58. The topological polar surface area (TPSA) is 119 Å². The van der Waals surface area contributed by atoms with Gasteiger partial charge in [-0.15, -0.1) is 0 Å². The molecule has 4 N–H and O–H groups in total. The van der Waals surface area contributed by atoms with Crippen molar-refractivity contribution in [1.82, 2.24) is 0 Å². The molecular weight excluding hydrogens is 454 g/mol. The second-order valence-corrected chi connectivity index (χ2v) is 9.76. The minimum Gasteiger partial charge on any atom is -0.504 e. The highest BCUT2D eigenvalue weighted by molar-refractivity contribution is 8.15. The molecule has 2 aromatic rings. The van der Waals surface area contributed by atoms with Crippen LogP contribution in [0.1, 0.15) is 36.5 Å². The molecule has 2 heterocycles. The van der Waals surface area contributed by atoms with Crippen molar-refractivity contribution in [2.45, 2.75) is 50.4 Å². The summed E-state index contributed by atoms with van der Waals surface area (Å²) in [4.78, 5) is 4.00. The summed E-state index contributed by atoms with van der Waals surface area (Å²) in [7, 11) is 3.05. The van der Waals surface area contributed by atoms with E-state index in [4.69, 9.17) is 30.1 Å². The predicted octanol–water partition coefficient (Wildman–Crippen LogP) is 4.22. The lowest BCUT2D eigenvalue weighted by atomic mass is 9.87. The van der Waals surface area contributed by atoms with Gasteiger partial charge >= 0.3 is 0 Å². The van der Waals surface area contributed by atoms with E-state index in [1.54, 1.807) is 7.11 Å². The maximum Gasteiger partial charge on any atom is 0.207 e. The Balaban J connectivity index is 1.48. The van der Waals surface area contributed by atoms with Crippen LogP contribution in [0.2, 0.25) is 0 Å². The average molecular weight is 486 g/mol. The smallest absolute Gasteiger partial charge is 0.207 e. The maximum atomic E-state index is 10.5. The summed E-state index contributed by atoms with van der Waals surface area (Å²) in [5, 5.41) is 18.5. The van der Waals surface area contributed by atoms with Crippen molar-refractivity contribution in [1.29, 1.82) is 5.41 Å². The van der Waals surface area contributed by atoms with Crippen molar-refractivity contribution in [2.24, 2.45) is 10.7 Å². The number of aliphatic imine (C=N–C) groups is 1. The summed E-state index contributed by atoms with van der Waals surface area (Å²) < 4.78 is 23.7. The van der Waals surface area contributed by atoms with E-state index in [0.29, 0.717) is 23.9 Å². The molecule has 2 aromatic carbocycles. The summed E-state index contributed by atoms with van der Waals surface area (Å²) in [6.45, 7) is 4.32. The first-order valence-electron chi connectivity index (χ1n) is 11.3. The van der Waals surface area contributed by atoms with Gasteiger partial charge in [0.1, 0.15) is 23.8 Å². The van der Waals surface area contributed by atoms with Crippen LogP contribution in [-0.2, 0) is 12.8 Å². The Labute approximate surface area is 204 Å². The highest BCUT2D eigenvalue weighted by atomic mass is 32.2. The van der Waals surface area contributed by atoms with E-state index in [9.17, 15) is 5.11 Å². The fourth-order valence-corrected chi connectivity index (χ4v) is 5.27. The van der Waals surface area contributed by atoms with E-state index >= 15 is 0 Å². The fourth-order valence-electron chi connectivity index (χ4n) is 4.40. The lowest BCUT2D eigenvalue weighted by Gasteiger charge is -2.39. The van der Waals surface area contributed by atoms with Crippen molar-refractivity contribution in [3.8, 4) is 28.7 Å². The van der Waals surface area contributed by atoms with Gasteiger partial charge in [-0.2, -0.15) is 0 Å². The van der Waals surface area contributed by atoms with Crippen molar-refractivity contribution in [2.75, 3.05) is 20.8 Å². The number of hydrogen-bond acceptors (Lipinski definition) is 8. The third kappa shape index (κ3) is 4.49. The molecule has 0 amide bonds. The zero-order valence-electron chi connectivity index (χ0n) is 19.9. The molecule has 2 aliphatic heterocycles. The highest BCUT2D eigenvalue weighted by Gasteiger charge is 2.40. The number of amidine groups is 2. The quantitative estimate of drug-likeness (QED) is 0.512. The van der Waals surface area contributed by atoms with Crippen LogP contribution in [0.4, 0.5) is 0 Å². The standard InChI is InChI=1S/C25H31N3O5S/c1-5-25(11-10-17-14(2)19(29)21(30-3)22(31-4)20(17)33-25)13-32-16-8-6-15(7-9-16)12-18-23(26)28-24(27)34-18/h6-9,18,29H,5,10-13H2,1-4H3,(H3,26,27,28). The van der Waals surface area contributed by atoms with Crippen LogP contribution >= 0.6 is 11.8 Å². The van der Waals surface area contributed by atoms with E-state index in [0.717, 1.165) is 48.1 Å². The molecule has 9 heteroatoms. The monoisotopic (exact) mass is 485 g/mol. The maximum absolute atomic E-state index is 10.5. The normalized spacial score (nSPS) is 21.5. The number of thioether (sulfide) groups is 1. The molecule has 2 aliphatic rings. The Hall–Kier alpha value is -3.07. The van der Waals surface area contributed by atoms with E-state index < -0.39 is 5.60 Å². The molecule has 0 saturated carbocycles. The molecule has 34 heavy (non-hydrogen) atoms. The summed E-state index contributed by atoms with van der Waals surface area (Å²) >= 11 is 1.38. The summed E-state index contributed by atoms with van der Waals surface area (Å²) in [5.74, 6) is 2.64. The number of phenols is 1. The van der Waals surface area contributed by atoms with Crippen molar-refractivity contribution in [3.63, 3.8) is 0 Å². The summed E-state index contributed by atoms with van der Waals surface area (Å²) in [5.41, 5.74) is 8.18. The molecule has 0 radical (unpaired) electrons. The Morgan fingerprint density at radius 3 is 2.53 bits per heavy atom. The second-order valence-electron chi connectivity index (χ2n) is 8.57. The Bertz CT molecular complexity index is 1120. The first-order chi connectivity index (χ1) is 16.3. The van der Waals surface area contributed by atoms with Gasteiger partial charge in [0.05, 0.1) is 19.5 Å². The Morgan fingerprint density at radius 2 is 1.94 bits per heavy atom. The van der Waals surface area contributed by atoms with E-state index in [1.807, 2.05) is 31.2 Å². The number of methoxy groups -OCH3 is 2. The number of hydrogen-bond donors (Lipinski definition) is 3. The van der Waals surface area contributed by atoms with Crippen LogP contribution in [0.15, 0.2) is 29.3 Å².